The quantitative estimate of drug-likeness (QED) is 0.290. The average molecular weight is 547 g/mol. The molecule has 3 saturated heterocycles. The minimum atomic E-state index is -1.21. The van der Waals surface area contributed by atoms with Crippen molar-refractivity contribution in [2.45, 2.75) is 42.8 Å². The summed E-state index contributed by atoms with van der Waals surface area (Å²) in [7, 11) is 0. The Morgan fingerprint density at radius 1 is 1.34 bits per heavy atom. The molecule has 35 heavy (non-hydrogen) atoms. The van der Waals surface area contributed by atoms with Gasteiger partial charge in [0.15, 0.2) is 0 Å². The van der Waals surface area contributed by atoms with E-state index in [-0.39, 0.29) is 42.9 Å². The number of nitrogens with zero attached hydrogens (tertiary/aromatic N) is 2. The third-order valence-electron chi connectivity index (χ3n) is 7.21. The second kappa shape index (κ2) is 9.87. The van der Waals surface area contributed by atoms with Crippen molar-refractivity contribution >= 4 is 39.4 Å². The van der Waals surface area contributed by atoms with Gasteiger partial charge in [0, 0.05) is 23.6 Å². The molecule has 0 radical (unpaired) electrons. The highest BCUT2D eigenvalue weighted by Crippen LogP contribution is 2.60. The largest absolute Gasteiger partial charge is 0.461 e. The molecule has 1 spiro atoms. The highest BCUT2D eigenvalue weighted by molar-refractivity contribution is 9.09. The van der Waals surface area contributed by atoms with Crippen molar-refractivity contribution in [1.29, 1.82) is 0 Å². The lowest BCUT2D eigenvalue weighted by Gasteiger charge is -2.37. The minimum Gasteiger partial charge on any atom is -0.461 e. The summed E-state index contributed by atoms with van der Waals surface area (Å²) >= 11 is 3.62. The maximum Gasteiger partial charge on any atom is 0.312 e. The van der Waals surface area contributed by atoms with Crippen molar-refractivity contribution in [3.63, 3.8) is 0 Å². The van der Waals surface area contributed by atoms with E-state index in [4.69, 9.17) is 9.47 Å². The van der Waals surface area contributed by atoms with Crippen LogP contribution < -0.4 is 4.90 Å². The third-order valence-corrected chi connectivity index (χ3v) is 8.06. The first-order valence-electron chi connectivity index (χ1n) is 11.7. The van der Waals surface area contributed by atoms with Crippen LogP contribution in [0.5, 0.6) is 0 Å². The molecule has 1 aromatic carbocycles. The first kappa shape index (κ1) is 25.6. The Morgan fingerprint density at radius 3 is 2.74 bits per heavy atom. The number of esters is 1. The summed E-state index contributed by atoms with van der Waals surface area (Å²) in [6, 6.07) is 4.83. The molecule has 4 rings (SSSR count). The Labute approximate surface area is 213 Å². The smallest absolute Gasteiger partial charge is 0.312 e. The van der Waals surface area contributed by atoms with Crippen molar-refractivity contribution in [2.24, 2.45) is 11.8 Å². The van der Waals surface area contributed by atoms with E-state index >= 15 is 0 Å². The molecule has 1 aromatic rings. The Kier molecular flexibility index (Phi) is 7.22. The molecule has 1 N–H and O–H groups in total. The Hall–Kier alpha value is -2.49. The molecule has 3 aliphatic rings. The van der Waals surface area contributed by atoms with Gasteiger partial charge in [0.1, 0.15) is 18.2 Å². The zero-order chi connectivity index (χ0) is 25.5. The van der Waals surface area contributed by atoms with Crippen LogP contribution in [0, 0.1) is 25.7 Å². The lowest BCUT2D eigenvalue weighted by molar-refractivity contribution is -0.153. The van der Waals surface area contributed by atoms with Crippen molar-refractivity contribution in [3.8, 4) is 0 Å². The molecule has 2 bridgehead atoms. The average Bonchev–Trinajstić information content (AvgIpc) is 3.41. The van der Waals surface area contributed by atoms with E-state index in [9.17, 15) is 19.5 Å². The van der Waals surface area contributed by atoms with Crippen LogP contribution in [0.1, 0.15) is 17.5 Å². The molecule has 8 nitrogen and oxygen atoms in total. The van der Waals surface area contributed by atoms with E-state index in [0.717, 1.165) is 16.8 Å². The molecule has 3 aliphatic heterocycles. The van der Waals surface area contributed by atoms with Gasteiger partial charge in [-0.1, -0.05) is 46.8 Å². The molecule has 9 heteroatoms. The Morgan fingerprint density at radius 2 is 2.09 bits per heavy atom. The summed E-state index contributed by atoms with van der Waals surface area (Å²) in [5, 5.41) is 9.77. The fourth-order valence-corrected chi connectivity index (χ4v) is 6.80. The second-order valence-corrected chi connectivity index (χ2v) is 10.5. The summed E-state index contributed by atoms with van der Waals surface area (Å²) in [4.78, 5) is 43.8. The lowest BCUT2D eigenvalue weighted by Crippen LogP contribution is -2.57. The van der Waals surface area contributed by atoms with Crippen LogP contribution >= 0.6 is 15.9 Å². The summed E-state index contributed by atoms with van der Waals surface area (Å²) < 4.78 is 11.7. The normalized spacial score (nSPS) is 30.8. The predicted octanol–water partition coefficient (Wildman–Crippen LogP) is 2.29. The van der Waals surface area contributed by atoms with E-state index in [1.54, 1.807) is 11.0 Å². The number of β-amino-alcohol motifs (C(OH)–C–C–N with tert-alkyl or cyclic N) is 1. The van der Waals surface area contributed by atoms with Crippen LogP contribution in [0.4, 0.5) is 5.69 Å². The van der Waals surface area contributed by atoms with Crippen LogP contribution in [0.15, 0.2) is 43.5 Å². The number of hydrogen-bond acceptors (Lipinski definition) is 6. The Balaban J connectivity index is 1.79. The van der Waals surface area contributed by atoms with E-state index in [1.165, 1.54) is 11.0 Å². The highest BCUT2D eigenvalue weighted by Gasteiger charge is 2.77. The van der Waals surface area contributed by atoms with Gasteiger partial charge in [0.25, 0.3) is 5.91 Å². The molecule has 6 atom stereocenters. The van der Waals surface area contributed by atoms with Crippen molar-refractivity contribution < 1.29 is 29.0 Å². The SMILES string of the molecule is C=CCOC(=O)[C@H]1[C@@H]2OC3(CC2Br)C(C(=O)N(CC=C)c2cc(C)ccc2C)N(CCO)C(=O)[C@H]13. The van der Waals surface area contributed by atoms with E-state index in [2.05, 4.69) is 29.1 Å². The molecular weight excluding hydrogens is 516 g/mol. The fourth-order valence-electron chi connectivity index (χ4n) is 5.86. The highest BCUT2D eigenvalue weighted by atomic mass is 79.9. The van der Waals surface area contributed by atoms with Crippen LogP contribution in [-0.2, 0) is 23.9 Å². The van der Waals surface area contributed by atoms with E-state index < -0.39 is 35.6 Å². The number of anilines is 1. The number of aliphatic hydroxyl groups excluding tert-OH is 1. The zero-order valence-corrected chi connectivity index (χ0v) is 21.6. The number of rotatable bonds is 9. The van der Waals surface area contributed by atoms with Gasteiger partial charge in [0.05, 0.1) is 24.5 Å². The number of halogens is 1. The molecule has 0 aromatic heterocycles. The number of carbonyl (C=O) groups excluding carboxylic acids is 3. The van der Waals surface area contributed by atoms with Crippen molar-refractivity contribution in [3.05, 3.63) is 54.6 Å². The number of alkyl halides is 1. The first-order chi connectivity index (χ1) is 16.7. The molecule has 3 heterocycles. The Bertz CT molecular complexity index is 1060. The molecule has 188 valence electrons. The van der Waals surface area contributed by atoms with Gasteiger partial charge in [-0.15, -0.1) is 6.58 Å². The zero-order valence-electron chi connectivity index (χ0n) is 20.0. The molecular formula is C26H31BrN2O6. The number of likely N-dealkylation sites (tertiary alicyclic amines) is 1. The van der Waals surface area contributed by atoms with E-state index in [0.29, 0.717) is 6.42 Å². The number of carbonyl (C=O) groups is 3. The van der Waals surface area contributed by atoms with Gasteiger partial charge in [0.2, 0.25) is 5.91 Å². The number of ether oxygens (including phenoxy) is 2. The van der Waals surface area contributed by atoms with Gasteiger partial charge in [-0.3, -0.25) is 14.4 Å². The van der Waals surface area contributed by atoms with Crippen molar-refractivity contribution in [2.75, 3.05) is 31.2 Å². The molecule has 3 fully saturated rings. The number of fused-ring (bicyclic) bond motifs is 1. The number of aliphatic hydroxyl groups is 1. The summed E-state index contributed by atoms with van der Waals surface area (Å²) in [6.07, 6.45) is 2.89. The van der Waals surface area contributed by atoms with Crippen LogP contribution in [0.25, 0.3) is 0 Å². The summed E-state index contributed by atoms with van der Waals surface area (Å²) in [5.41, 5.74) is 1.40. The summed E-state index contributed by atoms with van der Waals surface area (Å²) in [6.45, 7) is 11.1. The number of hydrogen-bond donors (Lipinski definition) is 1. The number of amides is 2. The number of aryl methyl sites for hydroxylation is 2. The van der Waals surface area contributed by atoms with Gasteiger partial charge in [-0.2, -0.15) is 0 Å². The standard InChI is InChI=1S/C26H31BrN2O6/c1-5-9-28(18-13-15(3)7-8-16(18)4)24(32)22-26-14-17(27)21(35-26)19(25(33)34-12-6-2)20(26)23(31)29(22)10-11-30/h5-8,13,17,19-22,30H,1-2,9-12,14H2,3-4H3/t17?,19-,20+,21-,22?,26?/m1/s1. The molecule has 0 aliphatic carbocycles. The fraction of sp³-hybridized carbons (Fsp3) is 0.500. The monoisotopic (exact) mass is 546 g/mol. The first-order valence-corrected chi connectivity index (χ1v) is 12.6. The van der Waals surface area contributed by atoms with Gasteiger partial charge < -0.3 is 24.4 Å². The van der Waals surface area contributed by atoms with Crippen LogP contribution in [0.2, 0.25) is 0 Å². The lowest BCUT2D eigenvalue weighted by atomic mass is 9.70. The van der Waals surface area contributed by atoms with E-state index in [1.807, 2.05) is 32.0 Å². The van der Waals surface area contributed by atoms with Gasteiger partial charge >= 0.3 is 5.97 Å². The van der Waals surface area contributed by atoms with Crippen LogP contribution in [0.3, 0.4) is 0 Å². The molecule has 2 amide bonds. The van der Waals surface area contributed by atoms with Crippen LogP contribution in [-0.4, -0.2) is 76.7 Å². The predicted molar refractivity (Wildman–Crippen MR) is 134 cm³/mol. The maximum absolute atomic E-state index is 14.3. The minimum absolute atomic E-state index is 0.0192. The third kappa shape index (κ3) is 4.03. The maximum atomic E-state index is 14.3. The van der Waals surface area contributed by atoms with Gasteiger partial charge in [-0.05, 0) is 37.5 Å². The van der Waals surface area contributed by atoms with Crippen molar-refractivity contribution in [1.82, 2.24) is 4.90 Å². The van der Waals surface area contributed by atoms with Gasteiger partial charge in [-0.25, -0.2) is 0 Å². The molecule has 0 saturated carbocycles. The summed E-state index contributed by atoms with van der Waals surface area (Å²) in [5.74, 6) is -2.98. The second-order valence-electron chi connectivity index (χ2n) is 9.36. The topological polar surface area (TPSA) is 96.4 Å². The molecule has 3 unspecified atom stereocenters. The number of benzene rings is 1.